The Bertz CT molecular complexity index is 806. The summed E-state index contributed by atoms with van der Waals surface area (Å²) in [6, 6.07) is 3.33. The lowest BCUT2D eigenvalue weighted by Gasteiger charge is -2.15. The van der Waals surface area contributed by atoms with Gasteiger partial charge in [-0.2, -0.15) is 0 Å². The van der Waals surface area contributed by atoms with Crippen LogP contribution in [0.25, 0.3) is 11.0 Å². The Labute approximate surface area is 128 Å². The van der Waals surface area contributed by atoms with Crippen molar-refractivity contribution in [1.29, 1.82) is 0 Å². The number of rotatable bonds is 3. The summed E-state index contributed by atoms with van der Waals surface area (Å²) in [6.07, 6.45) is 5.42. The van der Waals surface area contributed by atoms with Crippen LogP contribution in [0.15, 0.2) is 35.3 Å². The summed E-state index contributed by atoms with van der Waals surface area (Å²) >= 11 is 8.57. The number of nitrogens with zero attached hydrogens (tertiary/aromatic N) is 3. The maximum absolute atomic E-state index is 13.6. The highest BCUT2D eigenvalue weighted by Crippen LogP contribution is 2.26. The normalized spacial score (nSPS) is 12.9. The molecule has 1 unspecified atom stereocenters. The zero-order chi connectivity index (χ0) is 14.3. The molecule has 0 amide bonds. The van der Waals surface area contributed by atoms with Crippen molar-refractivity contribution in [3.63, 3.8) is 0 Å². The fourth-order valence-electron chi connectivity index (χ4n) is 2.34. The van der Waals surface area contributed by atoms with Crippen LogP contribution in [-0.2, 0) is 6.54 Å². The molecule has 20 heavy (non-hydrogen) atoms. The smallest absolute Gasteiger partial charge is 0.178 e. The number of halogens is 2. The Balaban J connectivity index is 2.08. The van der Waals surface area contributed by atoms with Crippen LogP contribution in [0.3, 0.4) is 0 Å². The van der Waals surface area contributed by atoms with E-state index in [2.05, 4.69) is 32.8 Å². The van der Waals surface area contributed by atoms with Gasteiger partial charge < -0.3 is 14.1 Å². The molecule has 0 radical (unpaired) electrons. The first-order valence-corrected chi connectivity index (χ1v) is 7.31. The molecular formula is C13H12BrFN4S. The Morgan fingerprint density at radius 2 is 2.30 bits per heavy atom. The topological polar surface area (TPSA) is 38.5 Å². The van der Waals surface area contributed by atoms with E-state index < -0.39 is 0 Å². The zero-order valence-corrected chi connectivity index (χ0v) is 13.1. The first kappa shape index (κ1) is 13.5. The van der Waals surface area contributed by atoms with Crippen LogP contribution in [0.5, 0.6) is 0 Å². The molecule has 0 saturated carbocycles. The lowest BCUT2D eigenvalue weighted by atomic mass is 10.2. The molecule has 3 aromatic rings. The third-order valence-electron chi connectivity index (χ3n) is 3.23. The van der Waals surface area contributed by atoms with Crippen LogP contribution in [0.1, 0.15) is 13.0 Å². The number of nitrogens with one attached hydrogen (secondary N) is 1. The highest BCUT2D eigenvalue weighted by molar-refractivity contribution is 9.10. The van der Waals surface area contributed by atoms with Gasteiger partial charge in [0.2, 0.25) is 0 Å². The van der Waals surface area contributed by atoms with Crippen molar-refractivity contribution in [3.05, 3.63) is 45.9 Å². The van der Waals surface area contributed by atoms with E-state index >= 15 is 0 Å². The fraction of sp³-hybridized carbons (Fsp3) is 0.231. The quantitative estimate of drug-likeness (QED) is 0.720. The second kappa shape index (κ2) is 5.14. The molecule has 0 saturated heterocycles. The van der Waals surface area contributed by atoms with Crippen LogP contribution >= 0.6 is 28.1 Å². The Kier molecular flexibility index (Phi) is 3.47. The zero-order valence-electron chi connectivity index (χ0n) is 10.7. The van der Waals surface area contributed by atoms with Gasteiger partial charge in [0, 0.05) is 25.0 Å². The van der Waals surface area contributed by atoms with Gasteiger partial charge in [0.1, 0.15) is 5.82 Å². The Morgan fingerprint density at radius 3 is 3.00 bits per heavy atom. The van der Waals surface area contributed by atoms with Gasteiger partial charge in [0.15, 0.2) is 4.77 Å². The summed E-state index contributed by atoms with van der Waals surface area (Å²) in [5, 5.41) is 0. The second-order valence-corrected chi connectivity index (χ2v) is 5.93. The maximum Gasteiger partial charge on any atom is 0.178 e. The minimum atomic E-state index is -0.303. The van der Waals surface area contributed by atoms with Crippen LogP contribution in [-0.4, -0.2) is 19.1 Å². The summed E-state index contributed by atoms with van der Waals surface area (Å²) in [6.45, 7) is 2.82. The molecule has 3 rings (SSSR count). The number of aromatic amines is 1. The average Bonchev–Trinajstić information content (AvgIpc) is 2.97. The van der Waals surface area contributed by atoms with Crippen molar-refractivity contribution in [1.82, 2.24) is 19.1 Å². The van der Waals surface area contributed by atoms with Crippen LogP contribution in [0, 0.1) is 10.6 Å². The molecule has 0 aliphatic rings. The van der Waals surface area contributed by atoms with E-state index in [0.717, 1.165) is 12.1 Å². The Morgan fingerprint density at radius 1 is 1.50 bits per heavy atom. The standard InChI is InChI=1S/C13H12BrFN4S/c1-8(6-18-3-2-16-7-18)19-12-4-9(14)10(15)5-11(12)17-13(19)20/h2-5,7-8H,6H2,1H3,(H,17,20). The molecule has 104 valence electrons. The van der Waals surface area contributed by atoms with Crippen molar-refractivity contribution < 1.29 is 4.39 Å². The van der Waals surface area contributed by atoms with E-state index in [0.29, 0.717) is 14.8 Å². The molecule has 2 heterocycles. The summed E-state index contributed by atoms with van der Waals surface area (Å²) in [5.74, 6) is -0.303. The van der Waals surface area contributed by atoms with Crippen molar-refractivity contribution in [2.45, 2.75) is 19.5 Å². The van der Waals surface area contributed by atoms with Crippen molar-refractivity contribution >= 4 is 39.2 Å². The maximum atomic E-state index is 13.6. The first-order valence-electron chi connectivity index (χ1n) is 6.11. The summed E-state index contributed by atoms with van der Waals surface area (Å²) in [4.78, 5) is 7.08. The SMILES string of the molecule is CC(Cn1ccnc1)n1c(=S)[nH]c2cc(F)c(Br)cc21. The van der Waals surface area contributed by atoms with E-state index in [-0.39, 0.29) is 11.9 Å². The van der Waals surface area contributed by atoms with E-state index in [1.54, 1.807) is 18.6 Å². The summed E-state index contributed by atoms with van der Waals surface area (Å²) in [7, 11) is 0. The molecule has 0 aliphatic carbocycles. The van der Waals surface area contributed by atoms with Crippen LogP contribution in [0.4, 0.5) is 4.39 Å². The predicted molar refractivity (Wildman–Crippen MR) is 81.7 cm³/mol. The second-order valence-electron chi connectivity index (χ2n) is 4.69. The van der Waals surface area contributed by atoms with Gasteiger partial charge in [-0.15, -0.1) is 0 Å². The molecule has 0 aliphatic heterocycles. The average molecular weight is 355 g/mol. The molecule has 4 nitrogen and oxygen atoms in total. The summed E-state index contributed by atoms with van der Waals surface area (Å²) in [5.41, 5.74) is 1.59. The predicted octanol–water partition coefficient (Wildman–Crippen LogP) is 4.06. The van der Waals surface area contributed by atoms with Crippen LogP contribution in [0.2, 0.25) is 0 Å². The monoisotopic (exact) mass is 354 g/mol. The van der Waals surface area contributed by atoms with Gasteiger partial charge in [0.05, 0.1) is 27.9 Å². The van der Waals surface area contributed by atoms with Gasteiger partial charge in [-0.3, -0.25) is 0 Å². The molecule has 1 atom stereocenters. The summed E-state index contributed by atoms with van der Waals surface area (Å²) < 4.78 is 18.6. The number of fused-ring (bicyclic) bond motifs is 1. The minimum absolute atomic E-state index is 0.128. The molecule has 1 aromatic carbocycles. The van der Waals surface area contributed by atoms with Gasteiger partial charge in [0.25, 0.3) is 0 Å². The number of imidazole rings is 2. The van der Waals surface area contributed by atoms with E-state index in [4.69, 9.17) is 12.2 Å². The lowest BCUT2D eigenvalue weighted by molar-refractivity contribution is 0.470. The molecule has 2 aromatic heterocycles. The number of benzene rings is 1. The van der Waals surface area contributed by atoms with Gasteiger partial charge >= 0.3 is 0 Å². The Hall–Kier alpha value is -1.47. The molecule has 1 N–H and O–H groups in total. The minimum Gasteiger partial charge on any atom is -0.335 e. The highest BCUT2D eigenvalue weighted by atomic mass is 79.9. The van der Waals surface area contributed by atoms with E-state index in [9.17, 15) is 4.39 Å². The third kappa shape index (κ3) is 2.31. The molecule has 0 fully saturated rings. The number of H-pyrrole nitrogens is 1. The molecular weight excluding hydrogens is 343 g/mol. The van der Waals surface area contributed by atoms with E-state index in [1.807, 2.05) is 15.3 Å². The lowest BCUT2D eigenvalue weighted by Crippen LogP contribution is -2.12. The van der Waals surface area contributed by atoms with Crippen molar-refractivity contribution in [2.24, 2.45) is 0 Å². The van der Waals surface area contributed by atoms with Gasteiger partial charge in [-0.05, 0) is 41.1 Å². The van der Waals surface area contributed by atoms with E-state index in [1.165, 1.54) is 6.07 Å². The highest BCUT2D eigenvalue weighted by Gasteiger charge is 2.13. The number of aromatic nitrogens is 4. The third-order valence-corrected chi connectivity index (χ3v) is 4.14. The fourth-order valence-corrected chi connectivity index (χ4v) is 3.06. The van der Waals surface area contributed by atoms with Gasteiger partial charge in [-0.1, -0.05) is 0 Å². The number of hydrogen-bond donors (Lipinski definition) is 1. The van der Waals surface area contributed by atoms with Crippen molar-refractivity contribution in [2.75, 3.05) is 0 Å². The molecule has 0 spiro atoms. The largest absolute Gasteiger partial charge is 0.335 e. The van der Waals surface area contributed by atoms with Crippen molar-refractivity contribution in [3.8, 4) is 0 Å². The number of hydrogen-bond acceptors (Lipinski definition) is 2. The van der Waals surface area contributed by atoms with Crippen LogP contribution < -0.4 is 0 Å². The van der Waals surface area contributed by atoms with Gasteiger partial charge in [-0.25, -0.2) is 9.37 Å². The first-order chi connectivity index (χ1) is 9.56. The molecule has 7 heteroatoms. The molecule has 0 bridgehead atoms.